The highest BCUT2D eigenvalue weighted by Gasteiger charge is 2.24. The largest absolute Gasteiger partial charge is 0.354 e. The third-order valence-corrected chi connectivity index (χ3v) is 5.51. The third kappa shape index (κ3) is 2.98. The number of thiazole rings is 1. The van der Waals surface area contributed by atoms with Crippen molar-refractivity contribution in [3.63, 3.8) is 0 Å². The topological polar surface area (TPSA) is 62.3 Å². The fraction of sp³-hybridized carbons (Fsp3) is 0.357. The molecule has 0 aromatic carbocycles. The second kappa shape index (κ2) is 5.95. The Morgan fingerprint density at radius 1 is 1.43 bits per heavy atom. The predicted octanol–water partition coefficient (Wildman–Crippen LogP) is 2.14. The lowest BCUT2D eigenvalue weighted by Gasteiger charge is -2.18. The van der Waals surface area contributed by atoms with Gasteiger partial charge in [-0.25, -0.2) is 4.98 Å². The Bertz CT molecular complexity index is 664. The van der Waals surface area contributed by atoms with Crippen molar-refractivity contribution in [2.75, 3.05) is 19.6 Å². The van der Waals surface area contributed by atoms with Gasteiger partial charge in [-0.2, -0.15) is 0 Å². The Hall–Kier alpha value is -1.73. The van der Waals surface area contributed by atoms with Crippen LogP contribution in [0.15, 0.2) is 17.5 Å². The SMILES string of the molecule is Cc1nc(-c2cccs2)sc1C(=O)N1CCNC(=O)CC1. The van der Waals surface area contributed by atoms with Gasteiger partial charge in [0.1, 0.15) is 9.88 Å². The minimum absolute atomic E-state index is 0.00519. The van der Waals surface area contributed by atoms with Gasteiger partial charge < -0.3 is 10.2 Å². The van der Waals surface area contributed by atoms with Gasteiger partial charge in [0.25, 0.3) is 5.91 Å². The lowest BCUT2D eigenvalue weighted by Crippen LogP contribution is -2.34. The van der Waals surface area contributed by atoms with Crippen LogP contribution >= 0.6 is 22.7 Å². The van der Waals surface area contributed by atoms with Gasteiger partial charge in [0.2, 0.25) is 5.91 Å². The summed E-state index contributed by atoms with van der Waals surface area (Å²) in [5.41, 5.74) is 0.761. The Morgan fingerprint density at radius 3 is 3.05 bits per heavy atom. The standard InChI is InChI=1S/C14H15N3O2S2/c1-9-12(21-13(16-9)10-3-2-8-20-10)14(19)17-6-4-11(18)15-5-7-17/h2-3,8H,4-7H2,1H3,(H,15,18). The number of nitrogens with one attached hydrogen (secondary N) is 1. The highest BCUT2D eigenvalue weighted by molar-refractivity contribution is 7.22. The first-order valence-corrected chi connectivity index (χ1v) is 8.42. The normalized spacial score (nSPS) is 15.7. The van der Waals surface area contributed by atoms with Gasteiger partial charge in [-0.05, 0) is 18.4 Å². The average molecular weight is 321 g/mol. The van der Waals surface area contributed by atoms with Crippen molar-refractivity contribution in [1.29, 1.82) is 0 Å². The maximum Gasteiger partial charge on any atom is 0.265 e. The molecule has 0 atom stereocenters. The summed E-state index contributed by atoms with van der Waals surface area (Å²) >= 11 is 3.05. The summed E-state index contributed by atoms with van der Waals surface area (Å²) in [4.78, 5) is 32.0. The minimum atomic E-state index is -0.0238. The number of hydrogen-bond donors (Lipinski definition) is 1. The number of thiophene rings is 1. The number of rotatable bonds is 2. The number of carbonyl (C=O) groups excluding carboxylic acids is 2. The van der Waals surface area contributed by atoms with Crippen LogP contribution in [-0.2, 0) is 4.79 Å². The molecular weight excluding hydrogens is 306 g/mol. The molecule has 0 unspecified atom stereocenters. The molecule has 1 aliphatic rings. The number of amides is 2. The number of nitrogens with zero attached hydrogens (tertiary/aromatic N) is 2. The van der Waals surface area contributed by atoms with Crippen LogP contribution < -0.4 is 5.32 Å². The number of hydrogen-bond acceptors (Lipinski definition) is 5. The van der Waals surface area contributed by atoms with E-state index in [2.05, 4.69) is 10.3 Å². The fourth-order valence-corrected chi connectivity index (χ4v) is 4.05. The van der Waals surface area contributed by atoms with Crippen LogP contribution in [-0.4, -0.2) is 41.3 Å². The van der Waals surface area contributed by atoms with E-state index in [4.69, 9.17) is 0 Å². The lowest BCUT2D eigenvalue weighted by molar-refractivity contribution is -0.120. The molecule has 1 aliphatic heterocycles. The number of aryl methyl sites for hydroxylation is 1. The van der Waals surface area contributed by atoms with Crippen LogP contribution in [0.4, 0.5) is 0 Å². The van der Waals surface area contributed by atoms with Gasteiger partial charge in [-0.15, -0.1) is 22.7 Å². The molecule has 0 aliphatic carbocycles. The zero-order chi connectivity index (χ0) is 14.8. The van der Waals surface area contributed by atoms with Crippen molar-refractivity contribution < 1.29 is 9.59 Å². The maximum atomic E-state index is 12.6. The minimum Gasteiger partial charge on any atom is -0.354 e. The van der Waals surface area contributed by atoms with E-state index in [1.807, 2.05) is 24.4 Å². The Labute approximate surface area is 130 Å². The molecule has 0 saturated carbocycles. The van der Waals surface area contributed by atoms with Crippen molar-refractivity contribution in [2.45, 2.75) is 13.3 Å². The van der Waals surface area contributed by atoms with Gasteiger partial charge in [0.05, 0.1) is 10.6 Å². The van der Waals surface area contributed by atoms with Crippen LogP contribution in [0.5, 0.6) is 0 Å². The molecule has 1 fully saturated rings. The molecule has 21 heavy (non-hydrogen) atoms. The molecule has 1 saturated heterocycles. The molecule has 7 heteroatoms. The van der Waals surface area contributed by atoms with E-state index in [1.165, 1.54) is 11.3 Å². The van der Waals surface area contributed by atoms with E-state index < -0.39 is 0 Å². The Balaban J connectivity index is 1.83. The van der Waals surface area contributed by atoms with Crippen molar-refractivity contribution in [1.82, 2.24) is 15.2 Å². The van der Waals surface area contributed by atoms with Gasteiger partial charge in [0.15, 0.2) is 0 Å². The summed E-state index contributed by atoms with van der Waals surface area (Å²) in [5, 5.41) is 5.66. The van der Waals surface area contributed by atoms with Crippen LogP contribution in [0, 0.1) is 6.92 Å². The molecule has 3 rings (SSSR count). The highest BCUT2D eigenvalue weighted by Crippen LogP contribution is 2.31. The van der Waals surface area contributed by atoms with E-state index in [1.54, 1.807) is 16.2 Å². The predicted molar refractivity (Wildman–Crippen MR) is 83.7 cm³/mol. The van der Waals surface area contributed by atoms with Crippen molar-refractivity contribution in [3.8, 4) is 9.88 Å². The molecule has 5 nitrogen and oxygen atoms in total. The Morgan fingerprint density at radius 2 is 2.29 bits per heavy atom. The Kier molecular flexibility index (Phi) is 4.03. The van der Waals surface area contributed by atoms with Gasteiger partial charge >= 0.3 is 0 Å². The molecule has 2 amide bonds. The van der Waals surface area contributed by atoms with Crippen LogP contribution in [0.25, 0.3) is 9.88 Å². The maximum absolute atomic E-state index is 12.6. The molecular formula is C14H15N3O2S2. The van der Waals surface area contributed by atoms with Gasteiger partial charge in [-0.3, -0.25) is 9.59 Å². The summed E-state index contributed by atoms with van der Waals surface area (Å²) in [5.74, 6) is -0.0186. The number of aromatic nitrogens is 1. The van der Waals surface area contributed by atoms with Crippen molar-refractivity contribution in [2.24, 2.45) is 0 Å². The first-order chi connectivity index (χ1) is 10.1. The summed E-state index contributed by atoms with van der Waals surface area (Å²) in [6, 6.07) is 3.98. The first-order valence-electron chi connectivity index (χ1n) is 6.72. The van der Waals surface area contributed by atoms with E-state index in [-0.39, 0.29) is 11.8 Å². The average Bonchev–Trinajstić information content (AvgIpc) is 3.06. The molecule has 0 bridgehead atoms. The summed E-state index contributed by atoms with van der Waals surface area (Å²) in [6.07, 6.45) is 0.362. The third-order valence-electron chi connectivity index (χ3n) is 3.32. The van der Waals surface area contributed by atoms with Gasteiger partial charge in [-0.1, -0.05) is 6.07 Å². The zero-order valence-corrected chi connectivity index (χ0v) is 13.2. The number of carbonyl (C=O) groups is 2. The quantitative estimate of drug-likeness (QED) is 0.922. The summed E-state index contributed by atoms with van der Waals surface area (Å²) < 4.78 is 0. The van der Waals surface area contributed by atoms with E-state index in [9.17, 15) is 9.59 Å². The van der Waals surface area contributed by atoms with Crippen molar-refractivity contribution >= 4 is 34.5 Å². The molecule has 0 spiro atoms. The van der Waals surface area contributed by atoms with Crippen LogP contribution in [0.1, 0.15) is 21.8 Å². The zero-order valence-electron chi connectivity index (χ0n) is 11.6. The van der Waals surface area contributed by atoms with E-state index in [0.29, 0.717) is 30.9 Å². The molecule has 3 heterocycles. The highest BCUT2D eigenvalue weighted by atomic mass is 32.1. The second-order valence-corrected chi connectivity index (χ2v) is 6.75. The monoisotopic (exact) mass is 321 g/mol. The van der Waals surface area contributed by atoms with Crippen molar-refractivity contribution in [3.05, 3.63) is 28.1 Å². The van der Waals surface area contributed by atoms with Crippen LogP contribution in [0.3, 0.4) is 0 Å². The van der Waals surface area contributed by atoms with E-state index >= 15 is 0 Å². The fourth-order valence-electron chi connectivity index (χ4n) is 2.21. The van der Waals surface area contributed by atoms with Gasteiger partial charge in [0, 0.05) is 26.1 Å². The second-order valence-electron chi connectivity index (χ2n) is 4.80. The smallest absolute Gasteiger partial charge is 0.265 e. The van der Waals surface area contributed by atoms with E-state index in [0.717, 1.165) is 15.6 Å². The molecule has 110 valence electrons. The first kappa shape index (κ1) is 14.2. The summed E-state index contributed by atoms with van der Waals surface area (Å²) in [6.45, 7) is 3.40. The molecule has 2 aromatic rings. The van der Waals surface area contributed by atoms with Crippen LogP contribution in [0.2, 0.25) is 0 Å². The molecule has 0 radical (unpaired) electrons. The molecule has 1 N–H and O–H groups in total. The molecule has 2 aromatic heterocycles. The lowest BCUT2D eigenvalue weighted by atomic mass is 10.3. The summed E-state index contributed by atoms with van der Waals surface area (Å²) in [7, 11) is 0.